The summed E-state index contributed by atoms with van der Waals surface area (Å²) in [7, 11) is -3.68. The third-order valence-electron chi connectivity index (χ3n) is 4.86. The zero-order valence-corrected chi connectivity index (χ0v) is 15.7. The number of esters is 1. The molecular formula is C18H24N2O5S. The van der Waals surface area contributed by atoms with E-state index >= 15 is 0 Å². The third kappa shape index (κ3) is 3.76. The number of ether oxygens (including phenoxy) is 1. The zero-order chi connectivity index (χ0) is 18.7. The monoisotopic (exact) mass is 380 g/mol. The highest BCUT2D eigenvalue weighted by Crippen LogP contribution is 2.27. The van der Waals surface area contributed by atoms with Crippen molar-refractivity contribution >= 4 is 27.6 Å². The van der Waals surface area contributed by atoms with Gasteiger partial charge in [0.1, 0.15) is 0 Å². The second-order valence-electron chi connectivity index (χ2n) is 6.60. The summed E-state index contributed by atoms with van der Waals surface area (Å²) in [6, 6.07) is 6.40. The van der Waals surface area contributed by atoms with E-state index < -0.39 is 15.9 Å². The molecule has 7 nitrogen and oxygen atoms in total. The van der Waals surface area contributed by atoms with Crippen molar-refractivity contribution in [3.8, 4) is 0 Å². The lowest BCUT2D eigenvalue weighted by atomic mass is 10.0. The molecule has 0 aromatic heterocycles. The number of carbonyl (C=O) groups excluding carboxylic acids is 2. The van der Waals surface area contributed by atoms with E-state index in [9.17, 15) is 18.0 Å². The summed E-state index contributed by atoms with van der Waals surface area (Å²) in [6.45, 7) is 3.23. The summed E-state index contributed by atoms with van der Waals surface area (Å²) >= 11 is 0. The Morgan fingerprint density at radius 3 is 2.54 bits per heavy atom. The summed E-state index contributed by atoms with van der Waals surface area (Å²) in [5.41, 5.74) is 0.717. The van der Waals surface area contributed by atoms with E-state index in [4.69, 9.17) is 4.74 Å². The van der Waals surface area contributed by atoms with Crippen LogP contribution in [0.25, 0.3) is 0 Å². The van der Waals surface area contributed by atoms with Gasteiger partial charge in [0.05, 0.1) is 17.4 Å². The van der Waals surface area contributed by atoms with E-state index in [2.05, 4.69) is 0 Å². The standard InChI is InChI=1S/C18H24N2O5S/c1-2-25-18(22)14-5-3-11-19(13-14)26(23,24)16-9-7-15(8-10-16)20-12-4-6-17(20)21/h7-10,14H,2-6,11-13H2,1H3/t14-/m1/s1. The van der Waals surface area contributed by atoms with Crippen LogP contribution in [0.3, 0.4) is 0 Å². The molecule has 0 bridgehead atoms. The topological polar surface area (TPSA) is 84.0 Å². The first-order valence-electron chi connectivity index (χ1n) is 9.00. The molecule has 2 heterocycles. The summed E-state index contributed by atoms with van der Waals surface area (Å²) in [5, 5.41) is 0. The fraction of sp³-hybridized carbons (Fsp3) is 0.556. The molecule has 142 valence electrons. The molecule has 0 saturated carbocycles. The molecule has 2 saturated heterocycles. The van der Waals surface area contributed by atoms with Gasteiger partial charge < -0.3 is 9.64 Å². The maximum absolute atomic E-state index is 12.9. The first-order chi connectivity index (χ1) is 12.4. The minimum absolute atomic E-state index is 0.0638. The number of hydrogen-bond donors (Lipinski definition) is 0. The number of nitrogens with zero attached hydrogens (tertiary/aromatic N) is 2. The lowest BCUT2D eigenvalue weighted by molar-refractivity contribution is -0.149. The predicted octanol–water partition coefficient (Wildman–Crippen LogP) is 1.78. The minimum atomic E-state index is -3.68. The van der Waals surface area contributed by atoms with E-state index in [1.54, 1.807) is 24.0 Å². The quantitative estimate of drug-likeness (QED) is 0.727. The number of carbonyl (C=O) groups is 2. The predicted molar refractivity (Wildman–Crippen MR) is 96.1 cm³/mol. The Hall–Kier alpha value is -1.93. The molecule has 2 fully saturated rings. The van der Waals surface area contributed by atoms with Gasteiger partial charge in [-0.05, 0) is 50.5 Å². The fourth-order valence-electron chi connectivity index (χ4n) is 3.48. The van der Waals surface area contributed by atoms with Crippen molar-refractivity contribution in [2.45, 2.75) is 37.5 Å². The van der Waals surface area contributed by atoms with Crippen molar-refractivity contribution < 1.29 is 22.7 Å². The average Bonchev–Trinajstić information content (AvgIpc) is 3.08. The van der Waals surface area contributed by atoms with Crippen LogP contribution in [-0.4, -0.2) is 50.8 Å². The van der Waals surface area contributed by atoms with Gasteiger partial charge in [0.2, 0.25) is 15.9 Å². The molecule has 1 amide bonds. The van der Waals surface area contributed by atoms with Crippen LogP contribution in [0.2, 0.25) is 0 Å². The van der Waals surface area contributed by atoms with Crippen molar-refractivity contribution in [3.05, 3.63) is 24.3 Å². The number of piperidine rings is 1. The Labute approximate surface area is 154 Å². The van der Waals surface area contributed by atoms with E-state index in [-0.39, 0.29) is 23.3 Å². The fourth-order valence-corrected chi connectivity index (χ4v) is 5.01. The lowest BCUT2D eigenvalue weighted by Crippen LogP contribution is -2.42. The van der Waals surface area contributed by atoms with Crippen LogP contribution in [0.4, 0.5) is 5.69 Å². The molecule has 2 aliphatic rings. The second-order valence-corrected chi connectivity index (χ2v) is 8.54. The number of anilines is 1. The van der Waals surface area contributed by atoms with Crippen LogP contribution in [0.5, 0.6) is 0 Å². The van der Waals surface area contributed by atoms with Crippen LogP contribution in [-0.2, 0) is 24.3 Å². The van der Waals surface area contributed by atoms with Crippen molar-refractivity contribution in [1.29, 1.82) is 0 Å². The van der Waals surface area contributed by atoms with Gasteiger partial charge in [-0.1, -0.05) is 0 Å². The molecule has 3 rings (SSSR count). The van der Waals surface area contributed by atoms with E-state index in [0.29, 0.717) is 39.0 Å². The van der Waals surface area contributed by atoms with E-state index in [1.807, 2.05) is 0 Å². The molecule has 0 radical (unpaired) electrons. The molecule has 0 aliphatic carbocycles. The van der Waals surface area contributed by atoms with Crippen LogP contribution >= 0.6 is 0 Å². The highest BCUT2D eigenvalue weighted by molar-refractivity contribution is 7.89. The Bertz CT molecular complexity index is 775. The second kappa shape index (κ2) is 7.75. The molecule has 1 aromatic rings. The molecule has 0 N–H and O–H groups in total. The molecule has 1 aromatic carbocycles. The van der Waals surface area contributed by atoms with Crippen LogP contribution in [0.1, 0.15) is 32.6 Å². The first-order valence-corrected chi connectivity index (χ1v) is 10.4. The third-order valence-corrected chi connectivity index (χ3v) is 6.74. The number of benzene rings is 1. The number of amides is 1. The van der Waals surface area contributed by atoms with Gasteiger partial charge in [-0.2, -0.15) is 4.31 Å². The number of rotatable bonds is 5. The Kier molecular flexibility index (Phi) is 5.62. The normalized spacial score (nSPS) is 21.8. The van der Waals surface area contributed by atoms with Gasteiger partial charge in [0.25, 0.3) is 0 Å². The van der Waals surface area contributed by atoms with Crippen LogP contribution < -0.4 is 4.90 Å². The molecule has 0 spiro atoms. The summed E-state index contributed by atoms with van der Waals surface area (Å²) in [6.07, 6.45) is 2.62. The van der Waals surface area contributed by atoms with Gasteiger partial charge in [0.15, 0.2) is 0 Å². The maximum atomic E-state index is 12.9. The molecule has 2 aliphatic heterocycles. The van der Waals surface area contributed by atoms with Crippen molar-refractivity contribution in [3.63, 3.8) is 0 Å². The molecule has 1 atom stereocenters. The maximum Gasteiger partial charge on any atom is 0.310 e. The largest absolute Gasteiger partial charge is 0.466 e. The van der Waals surface area contributed by atoms with E-state index in [0.717, 1.165) is 12.1 Å². The zero-order valence-electron chi connectivity index (χ0n) is 14.9. The Balaban J connectivity index is 1.75. The number of hydrogen-bond acceptors (Lipinski definition) is 5. The van der Waals surface area contributed by atoms with Crippen molar-refractivity contribution in [1.82, 2.24) is 4.31 Å². The molecular weight excluding hydrogens is 356 g/mol. The van der Waals surface area contributed by atoms with Gasteiger partial charge >= 0.3 is 5.97 Å². The minimum Gasteiger partial charge on any atom is -0.466 e. The van der Waals surface area contributed by atoms with Gasteiger partial charge in [-0.15, -0.1) is 0 Å². The van der Waals surface area contributed by atoms with Crippen LogP contribution in [0.15, 0.2) is 29.2 Å². The van der Waals surface area contributed by atoms with Gasteiger partial charge in [0, 0.05) is 31.7 Å². The van der Waals surface area contributed by atoms with Crippen molar-refractivity contribution in [2.24, 2.45) is 5.92 Å². The Morgan fingerprint density at radius 1 is 1.19 bits per heavy atom. The van der Waals surface area contributed by atoms with Crippen molar-refractivity contribution in [2.75, 3.05) is 31.1 Å². The summed E-state index contributed by atoms with van der Waals surface area (Å²) in [5.74, 6) is -0.691. The highest BCUT2D eigenvalue weighted by Gasteiger charge is 2.34. The molecule has 0 unspecified atom stereocenters. The van der Waals surface area contributed by atoms with Crippen LogP contribution in [0, 0.1) is 5.92 Å². The first kappa shape index (κ1) is 18.8. The average molecular weight is 380 g/mol. The molecule has 26 heavy (non-hydrogen) atoms. The van der Waals surface area contributed by atoms with E-state index in [1.165, 1.54) is 16.4 Å². The van der Waals surface area contributed by atoms with Gasteiger partial charge in [-0.25, -0.2) is 8.42 Å². The number of sulfonamides is 1. The Morgan fingerprint density at radius 2 is 1.92 bits per heavy atom. The summed E-state index contributed by atoms with van der Waals surface area (Å²) < 4.78 is 32.2. The smallest absolute Gasteiger partial charge is 0.310 e. The highest BCUT2D eigenvalue weighted by atomic mass is 32.2. The molecule has 8 heteroatoms. The SMILES string of the molecule is CCOC(=O)[C@@H]1CCCN(S(=O)(=O)c2ccc(N3CCCC3=O)cc2)C1. The lowest BCUT2D eigenvalue weighted by Gasteiger charge is -2.30. The van der Waals surface area contributed by atoms with Gasteiger partial charge in [-0.3, -0.25) is 9.59 Å². The summed E-state index contributed by atoms with van der Waals surface area (Å²) in [4.78, 5) is 25.6.